The average molecular weight is 292 g/mol. The molecule has 6 nitrogen and oxygen atoms in total. The Balaban J connectivity index is 2.40. The van der Waals surface area contributed by atoms with Crippen molar-refractivity contribution in [3.05, 3.63) is 42.0 Å². The molecule has 0 aliphatic heterocycles. The van der Waals surface area contributed by atoms with Crippen molar-refractivity contribution in [3.63, 3.8) is 0 Å². The van der Waals surface area contributed by atoms with Gasteiger partial charge in [-0.25, -0.2) is 4.79 Å². The van der Waals surface area contributed by atoms with E-state index in [4.69, 9.17) is 9.84 Å². The summed E-state index contributed by atoms with van der Waals surface area (Å²) in [4.78, 5) is 33.4. The van der Waals surface area contributed by atoms with Crippen LogP contribution in [0.4, 0.5) is 0 Å². The number of esters is 2. The summed E-state index contributed by atoms with van der Waals surface area (Å²) < 4.78 is 9.58. The maximum absolute atomic E-state index is 11.5. The minimum atomic E-state index is -1.17. The molecule has 1 aromatic rings. The van der Waals surface area contributed by atoms with E-state index in [1.807, 2.05) is 0 Å². The lowest BCUT2D eigenvalue weighted by Gasteiger charge is -2.04. The highest BCUT2D eigenvalue weighted by molar-refractivity contribution is 5.89. The zero-order chi connectivity index (χ0) is 15.8. The van der Waals surface area contributed by atoms with Gasteiger partial charge in [0.15, 0.2) is 0 Å². The summed E-state index contributed by atoms with van der Waals surface area (Å²) in [5.41, 5.74) is 0.582. The van der Waals surface area contributed by atoms with Gasteiger partial charge in [-0.1, -0.05) is 18.7 Å². The van der Waals surface area contributed by atoms with Crippen molar-refractivity contribution in [1.29, 1.82) is 0 Å². The summed E-state index contributed by atoms with van der Waals surface area (Å²) in [5, 5.41) is 8.59. The molecule has 0 saturated carbocycles. The molecule has 21 heavy (non-hydrogen) atoms. The molecule has 0 bridgehead atoms. The number of ether oxygens (including phenoxy) is 2. The van der Waals surface area contributed by atoms with Crippen molar-refractivity contribution in [3.8, 4) is 5.75 Å². The van der Waals surface area contributed by atoms with Crippen LogP contribution in [0.5, 0.6) is 5.75 Å². The second-order valence-corrected chi connectivity index (χ2v) is 4.28. The van der Waals surface area contributed by atoms with Crippen molar-refractivity contribution in [2.24, 2.45) is 0 Å². The van der Waals surface area contributed by atoms with Crippen LogP contribution < -0.4 is 4.74 Å². The summed E-state index contributed by atoms with van der Waals surface area (Å²) >= 11 is 0. The molecular formula is C15H16O6. The molecule has 0 aromatic heterocycles. The van der Waals surface area contributed by atoms with Crippen molar-refractivity contribution in [1.82, 2.24) is 0 Å². The van der Waals surface area contributed by atoms with Gasteiger partial charge in [-0.05, 0) is 24.1 Å². The lowest BCUT2D eigenvalue weighted by Crippen LogP contribution is -2.15. The van der Waals surface area contributed by atoms with Gasteiger partial charge in [0, 0.05) is 5.57 Å². The zero-order valence-electron chi connectivity index (χ0n) is 11.6. The fraction of sp³-hybridized carbons (Fsp3) is 0.267. The number of benzene rings is 1. The molecule has 0 fully saturated rings. The number of carbonyl (C=O) groups excluding carboxylic acids is 2. The van der Waals surface area contributed by atoms with Crippen LogP contribution in [0, 0.1) is 0 Å². The maximum atomic E-state index is 11.5. The Bertz CT molecular complexity index is 544. The molecule has 1 N–H and O–H groups in total. The molecule has 0 spiro atoms. The fourth-order valence-corrected chi connectivity index (χ4v) is 1.48. The Hall–Kier alpha value is -2.63. The van der Waals surface area contributed by atoms with E-state index in [9.17, 15) is 14.4 Å². The molecule has 0 heterocycles. The first-order valence-electron chi connectivity index (χ1n) is 6.20. The van der Waals surface area contributed by atoms with Gasteiger partial charge >= 0.3 is 17.9 Å². The molecule has 0 aliphatic carbocycles. The summed E-state index contributed by atoms with van der Waals surface area (Å²) in [6, 6.07) is 6.77. The molecule has 0 unspecified atom stereocenters. The number of hydrogen-bond donors (Lipinski definition) is 1. The number of carboxylic acid groups (broad SMARTS) is 1. The Kier molecular flexibility index (Phi) is 6.13. The molecule has 0 amide bonds. The van der Waals surface area contributed by atoms with Crippen LogP contribution in [0.1, 0.15) is 18.4 Å². The van der Waals surface area contributed by atoms with Gasteiger partial charge in [0.05, 0.1) is 20.0 Å². The van der Waals surface area contributed by atoms with E-state index in [0.717, 1.165) is 0 Å². The quantitative estimate of drug-likeness (QED) is 0.467. The van der Waals surface area contributed by atoms with Crippen molar-refractivity contribution < 1.29 is 29.0 Å². The molecule has 0 atom stereocenters. The van der Waals surface area contributed by atoms with Crippen LogP contribution in [-0.4, -0.2) is 30.1 Å². The number of rotatable bonds is 7. The number of carbonyl (C=O) groups is 3. The molecule has 6 heteroatoms. The first-order valence-corrected chi connectivity index (χ1v) is 6.20. The largest absolute Gasteiger partial charge is 0.497 e. The first-order chi connectivity index (χ1) is 9.92. The van der Waals surface area contributed by atoms with Crippen LogP contribution >= 0.6 is 0 Å². The third-order valence-corrected chi connectivity index (χ3v) is 2.67. The number of carboxylic acids is 1. The van der Waals surface area contributed by atoms with Gasteiger partial charge in [0.1, 0.15) is 5.75 Å². The molecule has 1 aromatic carbocycles. The highest BCUT2D eigenvalue weighted by Gasteiger charge is 2.13. The lowest BCUT2D eigenvalue weighted by atomic mass is 10.1. The first kappa shape index (κ1) is 16.4. The number of methoxy groups -OCH3 is 1. The predicted molar refractivity (Wildman–Crippen MR) is 73.8 cm³/mol. The van der Waals surface area contributed by atoms with Gasteiger partial charge in [-0.3, -0.25) is 9.59 Å². The van der Waals surface area contributed by atoms with E-state index >= 15 is 0 Å². The third kappa shape index (κ3) is 5.90. The molecule has 1 rings (SSSR count). The minimum absolute atomic E-state index is 0.0460. The van der Waals surface area contributed by atoms with E-state index < -0.39 is 17.9 Å². The van der Waals surface area contributed by atoms with E-state index in [2.05, 4.69) is 11.3 Å². The van der Waals surface area contributed by atoms with Crippen LogP contribution in [-0.2, 0) is 25.5 Å². The molecule has 0 aliphatic rings. The Morgan fingerprint density at radius 1 is 1.10 bits per heavy atom. The summed E-state index contributed by atoms with van der Waals surface area (Å²) in [6.07, 6.45) is -0.293. The molecule has 0 radical (unpaired) electrons. The van der Waals surface area contributed by atoms with Gasteiger partial charge in [0.2, 0.25) is 0 Å². The van der Waals surface area contributed by atoms with Crippen LogP contribution in [0.25, 0.3) is 0 Å². The topological polar surface area (TPSA) is 89.9 Å². The number of hydrogen-bond acceptors (Lipinski definition) is 5. The predicted octanol–water partition coefficient (Wildman–Crippen LogP) is 1.73. The smallest absolute Gasteiger partial charge is 0.330 e. The highest BCUT2D eigenvalue weighted by Crippen LogP contribution is 2.12. The van der Waals surface area contributed by atoms with Crippen molar-refractivity contribution in [2.75, 3.05) is 7.11 Å². The Morgan fingerprint density at radius 3 is 2.24 bits per heavy atom. The van der Waals surface area contributed by atoms with E-state index in [1.54, 1.807) is 24.3 Å². The maximum Gasteiger partial charge on any atom is 0.330 e. The fourth-order valence-electron chi connectivity index (χ4n) is 1.48. The van der Waals surface area contributed by atoms with Crippen LogP contribution in [0.15, 0.2) is 36.4 Å². The van der Waals surface area contributed by atoms with Crippen LogP contribution in [0.2, 0.25) is 0 Å². The molecule has 112 valence electrons. The summed E-state index contributed by atoms with van der Waals surface area (Å²) in [7, 11) is 1.53. The van der Waals surface area contributed by atoms with Crippen molar-refractivity contribution >= 4 is 17.9 Å². The monoisotopic (exact) mass is 292 g/mol. The second-order valence-electron chi connectivity index (χ2n) is 4.28. The van der Waals surface area contributed by atoms with Crippen LogP contribution in [0.3, 0.4) is 0 Å². The van der Waals surface area contributed by atoms with Gasteiger partial charge in [-0.2, -0.15) is 0 Å². The summed E-state index contributed by atoms with van der Waals surface area (Å²) in [6.45, 7) is 3.29. The lowest BCUT2D eigenvalue weighted by molar-refractivity contribution is -0.159. The van der Waals surface area contributed by atoms with E-state index in [1.165, 1.54) is 7.11 Å². The SMILES string of the molecule is C=C(CCC(=O)OC(=O)Cc1ccc(OC)cc1)C(=O)O. The number of aliphatic carboxylic acids is 1. The Labute approximate surface area is 122 Å². The minimum Gasteiger partial charge on any atom is -0.497 e. The normalized spacial score (nSPS) is 9.76. The van der Waals surface area contributed by atoms with Gasteiger partial charge < -0.3 is 14.6 Å². The van der Waals surface area contributed by atoms with Gasteiger partial charge in [-0.15, -0.1) is 0 Å². The van der Waals surface area contributed by atoms with E-state index in [-0.39, 0.29) is 24.8 Å². The Morgan fingerprint density at radius 2 is 1.71 bits per heavy atom. The highest BCUT2D eigenvalue weighted by atomic mass is 16.6. The zero-order valence-corrected chi connectivity index (χ0v) is 11.6. The van der Waals surface area contributed by atoms with E-state index in [0.29, 0.717) is 11.3 Å². The molecular weight excluding hydrogens is 276 g/mol. The summed E-state index contributed by atoms with van der Waals surface area (Å²) in [5.74, 6) is -1.97. The second kappa shape index (κ2) is 7.84. The third-order valence-electron chi connectivity index (χ3n) is 2.67. The van der Waals surface area contributed by atoms with Gasteiger partial charge in [0.25, 0.3) is 0 Å². The standard InChI is InChI=1S/C15H16O6/c1-10(15(18)19)3-8-13(16)21-14(17)9-11-4-6-12(20-2)7-5-11/h4-7H,1,3,8-9H2,2H3,(H,18,19). The van der Waals surface area contributed by atoms with Crippen molar-refractivity contribution in [2.45, 2.75) is 19.3 Å². The average Bonchev–Trinajstić information content (AvgIpc) is 2.45. The molecule has 0 saturated heterocycles.